The van der Waals surface area contributed by atoms with Gasteiger partial charge in [0.1, 0.15) is 5.25 Å². The number of aromatic nitrogens is 2. The minimum absolute atomic E-state index is 0.0888. The Balaban J connectivity index is 1.71. The quantitative estimate of drug-likeness (QED) is 0.663. The Morgan fingerprint density at radius 3 is 2.69 bits per heavy atom. The molecule has 1 aromatic heterocycles. The average Bonchev–Trinajstić information content (AvgIpc) is 3.31. The monoisotopic (exact) mass is 409 g/mol. The van der Waals surface area contributed by atoms with Crippen molar-refractivity contribution in [1.29, 1.82) is 0 Å². The number of carbonyl (C=O) groups is 1. The third-order valence-corrected chi connectivity index (χ3v) is 7.34. The summed E-state index contributed by atoms with van der Waals surface area (Å²) in [4.78, 5) is 19.0. The molecule has 29 heavy (non-hydrogen) atoms. The molecule has 2 heterocycles. The van der Waals surface area contributed by atoms with Gasteiger partial charge in [-0.3, -0.25) is 9.36 Å². The molecule has 0 N–H and O–H groups in total. The standard InChI is InChI=1S/C22H23N3O3S/c1-15-7-6-9-19(13-15)24-12-11-23-22(24)29(27,28)17(3)21(26)25-16(2)14-18-8-4-5-10-20(18)25/h4-13,16-17H,14H2,1-3H3. The first-order valence-electron chi connectivity index (χ1n) is 9.56. The Bertz CT molecular complexity index is 1180. The molecule has 0 bridgehead atoms. The second-order valence-corrected chi connectivity index (χ2v) is 9.66. The number of para-hydroxylation sites is 1. The number of sulfone groups is 1. The van der Waals surface area contributed by atoms with Crippen LogP contribution in [0.3, 0.4) is 0 Å². The zero-order valence-electron chi connectivity index (χ0n) is 16.6. The predicted octanol–water partition coefficient (Wildman–Crippen LogP) is 3.32. The van der Waals surface area contributed by atoms with Gasteiger partial charge in [0.25, 0.3) is 0 Å². The second-order valence-electron chi connectivity index (χ2n) is 7.50. The summed E-state index contributed by atoms with van der Waals surface area (Å²) in [6, 6.07) is 15.0. The number of benzene rings is 2. The number of hydrogen-bond acceptors (Lipinski definition) is 4. The average molecular weight is 410 g/mol. The van der Waals surface area contributed by atoms with Gasteiger partial charge < -0.3 is 4.90 Å². The third kappa shape index (κ3) is 3.25. The van der Waals surface area contributed by atoms with E-state index in [1.54, 1.807) is 11.1 Å². The Morgan fingerprint density at radius 1 is 1.17 bits per heavy atom. The highest BCUT2D eigenvalue weighted by molar-refractivity contribution is 7.92. The molecule has 1 aliphatic heterocycles. The van der Waals surface area contributed by atoms with E-state index in [0.717, 1.165) is 16.8 Å². The maximum absolute atomic E-state index is 13.4. The predicted molar refractivity (Wildman–Crippen MR) is 112 cm³/mol. The van der Waals surface area contributed by atoms with Crippen LogP contribution < -0.4 is 4.90 Å². The van der Waals surface area contributed by atoms with Crippen LogP contribution in [0.1, 0.15) is 25.0 Å². The van der Waals surface area contributed by atoms with Gasteiger partial charge >= 0.3 is 0 Å². The van der Waals surface area contributed by atoms with Crippen LogP contribution in [0, 0.1) is 6.92 Å². The molecule has 0 fully saturated rings. The highest BCUT2D eigenvalue weighted by Gasteiger charge is 2.40. The first-order valence-corrected chi connectivity index (χ1v) is 11.1. The van der Waals surface area contributed by atoms with Crippen molar-refractivity contribution in [3.63, 3.8) is 0 Å². The van der Waals surface area contributed by atoms with Crippen molar-refractivity contribution >= 4 is 21.4 Å². The molecule has 1 amide bonds. The van der Waals surface area contributed by atoms with Gasteiger partial charge in [-0.2, -0.15) is 0 Å². The van der Waals surface area contributed by atoms with Gasteiger partial charge in [-0.05, 0) is 56.5 Å². The molecule has 3 aromatic rings. The minimum atomic E-state index is -3.99. The van der Waals surface area contributed by atoms with Crippen molar-refractivity contribution in [3.8, 4) is 5.69 Å². The van der Waals surface area contributed by atoms with E-state index in [2.05, 4.69) is 4.98 Å². The zero-order valence-corrected chi connectivity index (χ0v) is 17.4. The lowest BCUT2D eigenvalue weighted by Gasteiger charge is -2.26. The van der Waals surface area contributed by atoms with Crippen molar-refractivity contribution in [2.45, 2.75) is 43.6 Å². The summed E-state index contributed by atoms with van der Waals surface area (Å²) in [6.45, 7) is 5.32. The fourth-order valence-corrected chi connectivity index (χ4v) is 5.21. The molecule has 2 atom stereocenters. The van der Waals surface area contributed by atoms with Gasteiger partial charge in [0, 0.05) is 29.8 Å². The van der Waals surface area contributed by atoms with Crippen LogP contribution in [-0.2, 0) is 21.1 Å². The molecule has 0 saturated heterocycles. The Hall–Kier alpha value is -2.93. The molecule has 2 aromatic carbocycles. The largest absolute Gasteiger partial charge is 0.308 e. The summed E-state index contributed by atoms with van der Waals surface area (Å²) >= 11 is 0. The van der Waals surface area contributed by atoms with Gasteiger partial charge in [0.15, 0.2) is 0 Å². The maximum Gasteiger partial charge on any atom is 0.245 e. The smallest absolute Gasteiger partial charge is 0.245 e. The number of nitrogens with zero attached hydrogens (tertiary/aromatic N) is 3. The molecule has 150 valence electrons. The summed E-state index contributed by atoms with van der Waals surface area (Å²) in [5.74, 6) is -0.429. The van der Waals surface area contributed by atoms with Crippen LogP contribution >= 0.6 is 0 Å². The number of anilines is 1. The van der Waals surface area contributed by atoms with Crippen molar-refractivity contribution < 1.29 is 13.2 Å². The zero-order chi connectivity index (χ0) is 20.8. The fourth-order valence-electron chi connectivity index (χ4n) is 3.86. The van der Waals surface area contributed by atoms with Gasteiger partial charge in [0.2, 0.25) is 20.9 Å². The Labute approximate surface area is 170 Å². The van der Waals surface area contributed by atoms with E-state index >= 15 is 0 Å². The molecule has 6 nitrogen and oxygen atoms in total. The number of hydrogen-bond donors (Lipinski definition) is 0. The number of fused-ring (bicyclic) bond motifs is 1. The lowest BCUT2D eigenvalue weighted by Crippen LogP contribution is -2.45. The van der Waals surface area contributed by atoms with Crippen molar-refractivity contribution in [2.24, 2.45) is 0 Å². The summed E-state index contributed by atoms with van der Waals surface area (Å²) in [6.07, 6.45) is 3.76. The van der Waals surface area contributed by atoms with Gasteiger partial charge in [-0.25, -0.2) is 13.4 Å². The molecule has 2 unspecified atom stereocenters. The van der Waals surface area contributed by atoms with Crippen LogP contribution in [0.4, 0.5) is 5.69 Å². The molecule has 0 spiro atoms. The fraction of sp³-hybridized carbons (Fsp3) is 0.273. The first-order chi connectivity index (χ1) is 13.8. The first kappa shape index (κ1) is 19.4. The van der Waals surface area contributed by atoms with Gasteiger partial charge in [-0.15, -0.1) is 0 Å². The molecule has 0 saturated carbocycles. The number of aryl methyl sites for hydroxylation is 1. The Kier molecular flexibility index (Phi) is 4.78. The molecule has 0 aliphatic carbocycles. The van der Waals surface area contributed by atoms with Crippen LogP contribution in [0.15, 0.2) is 66.1 Å². The minimum Gasteiger partial charge on any atom is -0.308 e. The molecular weight excluding hydrogens is 386 g/mol. The molecular formula is C22H23N3O3S. The molecule has 4 rings (SSSR count). The van der Waals surface area contributed by atoms with E-state index < -0.39 is 21.0 Å². The second kappa shape index (κ2) is 7.15. The van der Waals surface area contributed by atoms with E-state index in [1.807, 2.05) is 62.4 Å². The summed E-state index contributed by atoms with van der Waals surface area (Å²) < 4.78 is 28.2. The molecule has 1 aliphatic rings. The van der Waals surface area contributed by atoms with Crippen LogP contribution in [0.25, 0.3) is 5.69 Å². The lowest BCUT2D eigenvalue weighted by molar-refractivity contribution is -0.118. The topological polar surface area (TPSA) is 72.3 Å². The highest BCUT2D eigenvalue weighted by Crippen LogP contribution is 2.33. The van der Waals surface area contributed by atoms with Crippen LogP contribution in [-0.4, -0.2) is 35.2 Å². The van der Waals surface area contributed by atoms with E-state index in [0.29, 0.717) is 12.1 Å². The van der Waals surface area contributed by atoms with E-state index in [-0.39, 0.29) is 11.2 Å². The number of imidazole rings is 1. The van der Waals surface area contributed by atoms with Gasteiger partial charge in [-0.1, -0.05) is 30.3 Å². The van der Waals surface area contributed by atoms with Crippen LogP contribution in [0.5, 0.6) is 0 Å². The molecule has 0 radical (unpaired) electrons. The SMILES string of the molecule is Cc1cccc(-n2ccnc2S(=O)(=O)C(C)C(=O)N2c3ccccc3CC2C)c1. The van der Waals surface area contributed by atoms with E-state index in [1.165, 1.54) is 17.7 Å². The summed E-state index contributed by atoms with van der Waals surface area (Å²) in [5, 5.41) is -1.37. The van der Waals surface area contributed by atoms with Crippen molar-refractivity contribution in [2.75, 3.05) is 4.90 Å². The van der Waals surface area contributed by atoms with Crippen molar-refractivity contribution in [1.82, 2.24) is 9.55 Å². The third-order valence-electron chi connectivity index (χ3n) is 5.40. The van der Waals surface area contributed by atoms with Gasteiger partial charge in [0.05, 0.1) is 0 Å². The number of amides is 1. The van der Waals surface area contributed by atoms with E-state index in [4.69, 9.17) is 0 Å². The number of carbonyl (C=O) groups excluding carboxylic acids is 1. The van der Waals surface area contributed by atoms with Crippen molar-refractivity contribution in [3.05, 3.63) is 72.1 Å². The summed E-state index contributed by atoms with van der Waals surface area (Å²) in [7, 11) is -3.99. The summed E-state index contributed by atoms with van der Waals surface area (Å²) in [5.41, 5.74) is 3.54. The maximum atomic E-state index is 13.4. The van der Waals surface area contributed by atoms with Crippen LogP contribution in [0.2, 0.25) is 0 Å². The molecule has 7 heteroatoms. The normalized spacial score (nSPS) is 17.2. The lowest BCUT2D eigenvalue weighted by atomic mass is 10.1. The highest BCUT2D eigenvalue weighted by atomic mass is 32.2. The Morgan fingerprint density at radius 2 is 1.93 bits per heavy atom. The number of rotatable bonds is 4. The van der Waals surface area contributed by atoms with E-state index in [9.17, 15) is 13.2 Å².